The van der Waals surface area contributed by atoms with Crippen LogP contribution in [0.2, 0.25) is 0 Å². The minimum absolute atomic E-state index is 0.0902. The van der Waals surface area contributed by atoms with Crippen LogP contribution in [0.15, 0.2) is 30.3 Å². The summed E-state index contributed by atoms with van der Waals surface area (Å²) in [6.07, 6.45) is 2.19. The van der Waals surface area contributed by atoms with E-state index in [1.54, 1.807) is 6.42 Å². The van der Waals surface area contributed by atoms with E-state index in [4.69, 9.17) is 4.74 Å². The van der Waals surface area contributed by atoms with Gasteiger partial charge in [0.15, 0.2) is 0 Å². The van der Waals surface area contributed by atoms with Crippen molar-refractivity contribution in [1.29, 1.82) is 0 Å². The first kappa shape index (κ1) is 9.97. The Balaban J connectivity index is 1.29. The van der Waals surface area contributed by atoms with Gasteiger partial charge in [-0.3, -0.25) is 5.32 Å². The Morgan fingerprint density at radius 2 is 1.90 bits per heavy atom. The third kappa shape index (κ3) is 0.731. The van der Waals surface area contributed by atoms with E-state index in [2.05, 4.69) is 35.6 Å². The predicted molar refractivity (Wildman–Crippen MR) is 73.4 cm³/mol. The molecule has 4 bridgehead atoms. The van der Waals surface area contributed by atoms with Gasteiger partial charge in [-0.25, -0.2) is 0 Å². The fourth-order valence-corrected chi connectivity index (χ4v) is 8.13. The second-order valence-corrected chi connectivity index (χ2v) is 8.14. The van der Waals surface area contributed by atoms with E-state index in [-0.39, 0.29) is 5.72 Å². The molecule has 0 radical (unpaired) electrons. The minimum atomic E-state index is 0.0902. The van der Waals surface area contributed by atoms with Crippen molar-refractivity contribution < 1.29 is 4.74 Å². The average molecular weight is 265 g/mol. The molecule has 5 saturated carbocycles. The highest BCUT2D eigenvalue weighted by Gasteiger charge is 2.92. The first-order chi connectivity index (χ1) is 9.90. The van der Waals surface area contributed by atoms with Crippen molar-refractivity contribution in [2.45, 2.75) is 24.8 Å². The van der Waals surface area contributed by atoms with Crippen LogP contribution in [0.3, 0.4) is 0 Å². The van der Waals surface area contributed by atoms with Crippen LogP contribution in [-0.2, 0) is 11.3 Å². The molecule has 2 heterocycles. The summed E-state index contributed by atoms with van der Waals surface area (Å²) < 4.78 is 6.67. The normalized spacial score (nSPS) is 64.7. The molecule has 20 heavy (non-hydrogen) atoms. The SMILES string of the molecule is c1ccc(CN[C@]23O[C@@H]4[C@@H]5[C@H]6[C@@H]7C[C@H]([C@H]6[C@H]52)[C@@H]3[C@@H]74)cc1. The van der Waals surface area contributed by atoms with Crippen molar-refractivity contribution in [2.75, 3.05) is 0 Å². The Hall–Kier alpha value is -0.860. The van der Waals surface area contributed by atoms with Gasteiger partial charge < -0.3 is 4.74 Å². The molecule has 0 unspecified atom stereocenters. The van der Waals surface area contributed by atoms with Crippen LogP contribution in [0.5, 0.6) is 0 Å². The second-order valence-electron chi connectivity index (χ2n) is 8.14. The molecule has 0 amide bonds. The van der Waals surface area contributed by atoms with Crippen LogP contribution in [0, 0.1) is 47.3 Å². The van der Waals surface area contributed by atoms with Gasteiger partial charge in [-0.05, 0) is 47.5 Å². The van der Waals surface area contributed by atoms with Gasteiger partial charge in [0.25, 0.3) is 0 Å². The van der Waals surface area contributed by atoms with E-state index in [9.17, 15) is 0 Å². The highest BCUT2D eigenvalue weighted by molar-refractivity contribution is 5.38. The molecular weight excluding hydrogens is 246 g/mol. The van der Waals surface area contributed by atoms with Crippen LogP contribution < -0.4 is 5.32 Å². The van der Waals surface area contributed by atoms with Gasteiger partial charge in [0.05, 0.1) is 6.10 Å². The monoisotopic (exact) mass is 265 g/mol. The Bertz CT molecular complexity index is 620. The zero-order chi connectivity index (χ0) is 12.6. The highest BCUT2D eigenvalue weighted by Crippen LogP contribution is 2.89. The van der Waals surface area contributed by atoms with E-state index < -0.39 is 0 Å². The molecule has 5 aliphatic carbocycles. The molecule has 1 aromatic rings. The number of ether oxygens (including phenoxy) is 1. The molecule has 2 saturated heterocycles. The molecule has 1 N–H and O–H groups in total. The molecule has 0 spiro atoms. The van der Waals surface area contributed by atoms with Crippen LogP contribution in [0.25, 0.3) is 0 Å². The molecule has 7 aliphatic rings. The van der Waals surface area contributed by atoms with Crippen molar-refractivity contribution in [3.05, 3.63) is 35.9 Å². The summed E-state index contributed by atoms with van der Waals surface area (Å²) in [4.78, 5) is 0. The van der Waals surface area contributed by atoms with E-state index in [0.717, 1.165) is 53.9 Å². The molecule has 102 valence electrons. The first-order valence-corrected chi connectivity index (χ1v) is 8.37. The van der Waals surface area contributed by atoms with Gasteiger partial charge in [-0.1, -0.05) is 30.3 Å². The molecule has 10 atom stereocenters. The summed E-state index contributed by atoms with van der Waals surface area (Å²) in [5, 5.41) is 3.92. The van der Waals surface area contributed by atoms with Crippen LogP contribution in [0.4, 0.5) is 0 Å². The topological polar surface area (TPSA) is 21.3 Å². The lowest BCUT2D eigenvalue weighted by atomic mass is 9.59. The molecule has 8 rings (SSSR count). The zero-order valence-corrected chi connectivity index (χ0v) is 11.4. The van der Waals surface area contributed by atoms with E-state index in [1.807, 2.05) is 0 Å². The van der Waals surface area contributed by atoms with Crippen molar-refractivity contribution in [2.24, 2.45) is 47.3 Å². The summed E-state index contributed by atoms with van der Waals surface area (Å²) in [5.74, 6) is 7.83. The summed E-state index contributed by atoms with van der Waals surface area (Å²) in [5.41, 5.74) is 1.49. The number of rotatable bonds is 3. The predicted octanol–water partition coefficient (Wildman–Crippen LogP) is 2.26. The van der Waals surface area contributed by atoms with Crippen LogP contribution >= 0.6 is 0 Å². The van der Waals surface area contributed by atoms with Gasteiger partial charge in [-0.2, -0.15) is 0 Å². The number of hydrogen-bond donors (Lipinski definition) is 1. The first-order valence-electron chi connectivity index (χ1n) is 8.37. The van der Waals surface area contributed by atoms with E-state index >= 15 is 0 Å². The zero-order valence-electron chi connectivity index (χ0n) is 11.4. The maximum Gasteiger partial charge on any atom is 0.126 e. The Kier molecular flexibility index (Phi) is 1.36. The number of hydrogen-bond acceptors (Lipinski definition) is 2. The molecule has 1 aromatic carbocycles. The smallest absolute Gasteiger partial charge is 0.126 e. The molecular formula is C18H19NO. The summed E-state index contributed by atoms with van der Waals surface area (Å²) in [6.45, 7) is 0.981. The van der Waals surface area contributed by atoms with Gasteiger partial charge >= 0.3 is 0 Å². The maximum atomic E-state index is 6.67. The van der Waals surface area contributed by atoms with Crippen molar-refractivity contribution >= 4 is 0 Å². The van der Waals surface area contributed by atoms with Gasteiger partial charge in [0.1, 0.15) is 5.72 Å². The molecule has 2 aliphatic heterocycles. The Morgan fingerprint density at radius 1 is 1.00 bits per heavy atom. The van der Waals surface area contributed by atoms with Gasteiger partial charge in [-0.15, -0.1) is 0 Å². The molecule has 2 heteroatoms. The quantitative estimate of drug-likeness (QED) is 0.905. The van der Waals surface area contributed by atoms with Crippen molar-refractivity contribution in [3.63, 3.8) is 0 Å². The van der Waals surface area contributed by atoms with E-state index in [0.29, 0.717) is 6.10 Å². The molecule has 7 fully saturated rings. The fraction of sp³-hybridized carbons (Fsp3) is 0.667. The Morgan fingerprint density at radius 3 is 2.80 bits per heavy atom. The van der Waals surface area contributed by atoms with Crippen LogP contribution in [-0.4, -0.2) is 11.8 Å². The molecule has 2 nitrogen and oxygen atoms in total. The summed E-state index contributed by atoms with van der Waals surface area (Å²) in [7, 11) is 0. The van der Waals surface area contributed by atoms with Gasteiger partial charge in [0.2, 0.25) is 0 Å². The van der Waals surface area contributed by atoms with Crippen molar-refractivity contribution in [3.8, 4) is 0 Å². The number of benzene rings is 1. The highest BCUT2D eigenvalue weighted by atomic mass is 16.5. The average Bonchev–Trinajstić information content (AvgIpc) is 3.10. The summed E-state index contributed by atoms with van der Waals surface area (Å²) >= 11 is 0. The second kappa shape index (κ2) is 2.74. The molecule has 0 aromatic heterocycles. The lowest BCUT2D eigenvalue weighted by Crippen LogP contribution is -2.56. The van der Waals surface area contributed by atoms with Crippen LogP contribution in [0.1, 0.15) is 12.0 Å². The third-order valence-electron chi connectivity index (χ3n) is 8.11. The van der Waals surface area contributed by atoms with E-state index in [1.165, 1.54) is 5.56 Å². The minimum Gasteiger partial charge on any atom is -0.356 e. The summed E-state index contributed by atoms with van der Waals surface area (Å²) in [6, 6.07) is 10.8. The Labute approximate surface area is 118 Å². The van der Waals surface area contributed by atoms with Crippen molar-refractivity contribution in [1.82, 2.24) is 5.32 Å². The lowest BCUT2D eigenvalue weighted by Gasteiger charge is -2.46. The largest absolute Gasteiger partial charge is 0.356 e. The number of nitrogens with one attached hydrogen (secondary N) is 1. The van der Waals surface area contributed by atoms with Gasteiger partial charge in [0, 0.05) is 18.4 Å². The maximum absolute atomic E-state index is 6.67. The third-order valence-corrected chi connectivity index (χ3v) is 8.11. The standard InChI is InChI=1S/C18H19NO/c1-2-4-8(5-3-1)7-19-18-15-10-6-9-11-12(10)16(18)14(11)17(20-18)13(9)15/h1-5,9-17,19H,6-7H2/t9-,10+,11-,12+,13+,14+,15+,16+,17-,18+/m0/s1. The lowest BCUT2D eigenvalue weighted by molar-refractivity contribution is -0.0591. The fourth-order valence-electron chi connectivity index (χ4n) is 8.13.